The Kier molecular flexibility index (Phi) is 7.94. The van der Waals surface area contributed by atoms with Gasteiger partial charge in [-0.3, -0.25) is 4.79 Å². The molecule has 0 radical (unpaired) electrons. The summed E-state index contributed by atoms with van der Waals surface area (Å²) < 4.78 is 25.5. The molecule has 4 nitrogen and oxygen atoms in total. The minimum Gasteiger partial charge on any atom is -0.497 e. The largest absolute Gasteiger partial charge is 0.497 e. The molecule has 1 aliphatic rings. The number of halogens is 1. The Morgan fingerprint density at radius 2 is 1.94 bits per heavy atom. The highest BCUT2D eigenvalue weighted by Crippen LogP contribution is 2.38. The van der Waals surface area contributed by atoms with E-state index < -0.39 is 5.97 Å². The van der Waals surface area contributed by atoms with E-state index in [0.29, 0.717) is 18.3 Å². The maximum Gasteiger partial charge on any atom is 0.304 e. The van der Waals surface area contributed by atoms with E-state index in [9.17, 15) is 9.18 Å². The first-order valence-electron chi connectivity index (χ1n) is 10.7. The highest BCUT2D eigenvalue weighted by Gasteiger charge is 2.25. The zero-order chi connectivity index (χ0) is 22.2. The summed E-state index contributed by atoms with van der Waals surface area (Å²) in [6.07, 6.45) is 3.76. The van der Waals surface area contributed by atoms with Crippen LogP contribution in [0.5, 0.6) is 11.5 Å². The van der Waals surface area contributed by atoms with Crippen LogP contribution in [0.25, 0.3) is 0 Å². The average Bonchev–Trinajstić information content (AvgIpc) is 2.78. The topological polar surface area (TPSA) is 55.8 Å². The van der Waals surface area contributed by atoms with Crippen LogP contribution < -0.4 is 9.47 Å². The maximum absolute atomic E-state index is 14.3. The van der Waals surface area contributed by atoms with Crippen LogP contribution in [0.15, 0.2) is 42.5 Å². The number of carbonyl (C=O) groups is 1. The Bertz CT molecular complexity index is 951. The van der Waals surface area contributed by atoms with Crippen molar-refractivity contribution in [2.75, 3.05) is 13.7 Å². The summed E-state index contributed by atoms with van der Waals surface area (Å²) in [6, 6.07) is 12.5. The molecule has 0 saturated heterocycles. The van der Waals surface area contributed by atoms with Gasteiger partial charge in [0.05, 0.1) is 26.1 Å². The molecule has 164 valence electrons. The van der Waals surface area contributed by atoms with Crippen LogP contribution in [0.1, 0.15) is 62.0 Å². The van der Waals surface area contributed by atoms with Crippen LogP contribution in [0.4, 0.5) is 4.39 Å². The van der Waals surface area contributed by atoms with Crippen molar-refractivity contribution >= 4 is 5.97 Å². The lowest BCUT2D eigenvalue weighted by atomic mass is 9.79. The minimum atomic E-state index is -0.872. The van der Waals surface area contributed by atoms with Gasteiger partial charge in [-0.2, -0.15) is 0 Å². The quantitative estimate of drug-likeness (QED) is 0.547. The van der Waals surface area contributed by atoms with Gasteiger partial charge in [0.1, 0.15) is 17.3 Å². The summed E-state index contributed by atoms with van der Waals surface area (Å²) in [4.78, 5) is 11.1. The van der Waals surface area contributed by atoms with Crippen molar-refractivity contribution in [3.8, 4) is 23.3 Å². The fourth-order valence-electron chi connectivity index (χ4n) is 4.24. The van der Waals surface area contributed by atoms with Gasteiger partial charge in [0, 0.05) is 0 Å². The van der Waals surface area contributed by atoms with E-state index in [0.717, 1.165) is 42.6 Å². The van der Waals surface area contributed by atoms with E-state index in [2.05, 4.69) is 11.8 Å². The zero-order valence-corrected chi connectivity index (χ0v) is 18.1. The van der Waals surface area contributed by atoms with E-state index in [4.69, 9.17) is 14.6 Å². The number of carboxylic acids is 1. The van der Waals surface area contributed by atoms with Crippen molar-refractivity contribution in [2.24, 2.45) is 5.92 Å². The van der Waals surface area contributed by atoms with Gasteiger partial charge < -0.3 is 14.6 Å². The van der Waals surface area contributed by atoms with Crippen LogP contribution in [-0.2, 0) is 4.79 Å². The lowest BCUT2D eigenvalue weighted by molar-refractivity contribution is -0.137. The van der Waals surface area contributed by atoms with Gasteiger partial charge in [-0.15, -0.1) is 5.92 Å². The summed E-state index contributed by atoms with van der Waals surface area (Å²) in [7, 11) is 1.60. The van der Waals surface area contributed by atoms with Crippen LogP contribution >= 0.6 is 0 Å². The summed E-state index contributed by atoms with van der Waals surface area (Å²) in [6.45, 7) is 2.31. The normalized spacial score (nSPS) is 19.1. The molecule has 31 heavy (non-hydrogen) atoms. The molecule has 0 amide bonds. The van der Waals surface area contributed by atoms with E-state index in [-0.39, 0.29) is 24.1 Å². The third-order valence-corrected chi connectivity index (χ3v) is 5.93. The highest BCUT2D eigenvalue weighted by atomic mass is 19.1. The Hall–Kier alpha value is -3.00. The van der Waals surface area contributed by atoms with Crippen molar-refractivity contribution in [1.29, 1.82) is 0 Å². The molecule has 0 bridgehead atoms. The second kappa shape index (κ2) is 10.9. The molecule has 1 unspecified atom stereocenters. The summed E-state index contributed by atoms with van der Waals surface area (Å²) in [5, 5.41) is 9.14. The van der Waals surface area contributed by atoms with Gasteiger partial charge >= 0.3 is 5.97 Å². The van der Waals surface area contributed by atoms with Crippen molar-refractivity contribution in [2.45, 2.75) is 50.9 Å². The van der Waals surface area contributed by atoms with Crippen molar-refractivity contribution < 1.29 is 23.8 Å². The Morgan fingerprint density at radius 3 is 2.61 bits per heavy atom. The molecule has 2 aromatic rings. The summed E-state index contributed by atoms with van der Waals surface area (Å²) in [5.41, 5.74) is 1.60. The smallest absolute Gasteiger partial charge is 0.304 e. The summed E-state index contributed by atoms with van der Waals surface area (Å²) in [5.74, 6) is 6.44. The molecular formula is C26H29FO4. The molecule has 1 atom stereocenters. The molecule has 0 aliphatic heterocycles. The van der Waals surface area contributed by atoms with Crippen LogP contribution in [0.3, 0.4) is 0 Å². The Morgan fingerprint density at radius 1 is 1.16 bits per heavy atom. The van der Waals surface area contributed by atoms with Gasteiger partial charge in [-0.05, 0) is 85.9 Å². The van der Waals surface area contributed by atoms with E-state index >= 15 is 0 Å². The van der Waals surface area contributed by atoms with Crippen LogP contribution in [0, 0.1) is 23.6 Å². The van der Waals surface area contributed by atoms with Crippen molar-refractivity contribution in [3.63, 3.8) is 0 Å². The molecule has 1 N–H and O–H groups in total. The fraction of sp³-hybridized carbons (Fsp3) is 0.423. The van der Waals surface area contributed by atoms with Crippen molar-refractivity contribution in [3.05, 3.63) is 59.4 Å². The number of benzene rings is 2. The predicted octanol–water partition coefficient (Wildman–Crippen LogP) is 5.77. The number of rotatable bonds is 8. The zero-order valence-electron chi connectivity index (χ0n) is 18.1. The lowest BCUT2D eigenvalue weighted by Crippen LogP contribution is -2.20. The third-order valence-electron chi connectivity index (χ3n) is 5.93. The van der Waals surface area contributed by atoms with Gasteiger partial charge in [-0.25, -0.2) is 4.39 Å². The molecule has 5 heteroatoms. The number of hydrogen-bond acceptors (Lipinski definition) is 3. The van der Waals surface area contributed by atoms with Crippen LogP contribution in [0.2, 0.25) is 0 Å². The number of aliphatic carboxylic acids is 1. The molecular weight excluding hydrogens is 395 g/mol. The van der Waals surface area contributed by atoms with Crippen LogP contribution in [-0.4, -0.2) is 24.8 Å². The maximum atomic E-state index is 14.3. The van der Waals surface area contributed by atoms with E-state index in [1.165, 1.54) is 6.07 Å². The SMILES string of the molecule is CC#CC(CC(=O)O)c1cccc(OCC2CCC(c3cc(OC)ccc3F)CC2)c1. The average molecular weight is 425 g/mol. The highest BCUT2D eigenvalue weighted by molar-refractivity contribution is 5.69. The second-order valence-electron chi connectivity index (χ2n) is 8.03. The molecule has 3 rings (SSSR count). The Labute approximate surface area is 183 Å². The number of methoxy groups -OCH3 is 1. The first-order chi connectivity index (χ1) is 15.0. The second-order valence-corrected chi connectivity index (χ2v) is 8.03. The number of hydrogen-bond donors (Lipinski definition) is 1. The first-order valence-corrected chi connectivity index (χ1v) is 10.7. The summed E-state index contributed by atoms with van der Waals surface area (Å²) >= 11 is 0. The third kappa shape index (κ3) is 6.24. The minimum absolute atomic E-state index is 0.0326. The van der Waals surface area contributed by atoms with Crippen molar-refractivity contribution in [1.82, 2.24) is 0 Å². The molecule has 0 spiro atoms. The Balaban J connectivity index is 1.56. The lowest BCUT2D eigenvalue weighted by Gasteiger charge is -2.29. The number of ether oxygens (including phenoxy) is 2. The van der Waals surface area contributed by atoms with Gasteiger partial charge in [0.15, 0.2) is 0 Å². The molecule has 1 aliphatic carbocycles. The number of carboxylic acid groups (broad SMARTS) is 1. The van der Waals surface area contributed by atoms with Gasteiger partial charge in [-0.1, -0.05) is 18.1 Å². The first kappa shape index (κ1) is 22.7. The van der Waals surface area contributed by atoms with E-state index in [1.807, 2.05) is 30.3 Å². The standard InChI is InChI=1S/C26H29FO4/c1-3-5-20(15-26(28)29)21-6-4-7-23(14-21)31-17-18-8-10-19(11-9-18)24-16-22(30-2)12-13-25(24)27/h4,6-7,12-14,16,18-20H,8-11,15,17H2,1-2H3,(H,28,29). The predicted molar refractivity (Wildman–Crippen MR) is 118 cm³/mol. The van der Waals surface area contributed by atoms with Gasteiger partial charge in [0.2, 0.25) is 0 Å². The molecule has 2 aromatic carbocycles. The monoisotopic (exact) mass is 424 g/mol. The molecule has 0 aromatic heterocycles. The van der Waals surface area contributed by atoms with Gasteiger partial charge in [0.25, 0.3) is 0 Å². The van der Waals surface area contributed by atoms with E-state index in [1.54, 1.807) is 20.1 Å². The molecule has 0 heterocycles. The fourth-order valence-corrected chi connectivity index (χ4v) is 4.24. The molecule has 1 saturated carbocycles. The molecule has 1 fully saturated rings.